The average molecular weight is 264 g/mol. The maximum absolute atomic E-state index is 12.3. The van der Waals surface area contributed by atoms with E-state index in [4.69, 9.17) is 9.47 Å². The van der Waals surface area contributed by atoms with Crippen molar-refractivity contribution >= 4 is 11.6 Å². The van der Waals surface area contributed by atoms with E-state index >= 15 is 0 Å². The van der Waals surface area contributed by atoms with E-state index in [1.807, 2.05) is 13.8 Å². The second kappa shape index (κ2) is 5.57. The zero-order valence-electron chi connectivity index (χ0n) is 11.6. The molecule has 1 atom stereocenters. The Morgan fingerprint density at radius 1 is 1.53 bits per heavy atom. The number of anilines is 1. The summed E-state index contributed by atoms with van der Waals surface area (Å²) in [5.41, 5.74) is -0.101. The minimum Gasteiger partial charge on any atom is -0.478 e. The van der Waals surface area contributed by atoms with Crippen molar-refractivity contribution in [1.29, 1.82) is 0 Å². The molecule has 19 heavy (non-hydrogen) atoms. The highest BCUT2D eigenvalue weighted by atomic mass is 16.5. The minimum atomic E-state index is -0.751. The lowest BCUT2D eigenvalue weighted by Gasteiger charge is -2.26. The number of methoxy groups -OCH3 is 1. The number of hydrogen-bond acceptors (Lipinski definition) is 4. The van der Waals surface area contributed by atoms with Crippen molar-refractivity contribution in [1.82, 2.24) is 4.98 Å². The van der Waals surface area contributed by atoms with Crippen LogP contribution in [0.5, 0.6) is 5.88 Å². The third kappa shape index (κ3) is 3.04. The van der Waals surface area contributed by atoms with Crippen LogP contribution in [0.1, 0.15) is 26.7 Å². The molecule has 1 aromatic rings. The van der Waals surface area contributed by atoms with Gasteiger partial charge in [0.1, 0.15) is 5.60 Å². The van der Waals surface area contributed by atoms with Crippen LogP contribution in [0.15, 0.2) is 18.3 Å². The molecule has 0 radical (unpaired) electrons. The van der Waals surface area contributed by atoms with Crippen LogP contribution < -0.4 is 10.1 Å². The van der Waals surface area contributed by atoms with Gasteiger partial charge in [0.25, 0.3) is 5.91 Å². The molecule has 0 spiro atoms. The highest BCUT2D eigenvalue weighted by Crippen LogP contribution is 2.42. The van der Waals surface area contributed by atoms with Crippen LogP contribution in [0.25, 0.3) is 0 Å². The fourth-order valence-electron chi connectivity index (χ4n) is 2.02. The molecule has 1 fully saturated rings. The molecular weight excluding hydrogens is 244 g/mol. The lowest BCUT2D eigenvalue weighted by Crippen LogP contribution is -2.44. The van der Waals surface area contributed by atoms with Gasteiger partial charge < -0.3 is 14.8 Å². The summed E-state index contributed by atoms with van der Waals surface area (Å²) in [6.07, 6.45) is 3.67. The molecule has 0 saturated heterocycles. The average Bonchev–Trinajstić information content (AvgIpc) is 3.25. The maximum Gasteiger partial charge on any atom is 0.256 e. The number of carbonyl (C=O) groups excluding carboxylic acids is 1. The normalized spacial score (nSPS) is 17.6. The van der Waals surface area contributed by atoms with Crippen LogP contribution in [0.4, 0.5) is 5.69 Å². The minimum absolute atomic E-state index is 0.122. The first-order valence-electron chi connectivity index (χ1n) is 6.55. The molecule has 1 saturated carbocycles. The Morgan fingerprint density at radius 2 is 2.26 bits per heavy atom. The lowest BCUT2D eigenvalue weighted by atomic mass is 9.99. The molecule has 2 rings (SSSR count). The molecule has 1 N–H and O–H groups in total. The zero-order chi connectivity index (χ0) is 13.9. The van der Waals surface area contributed by atoms with Gasteiger partial charge >= 0.3 is 0 Å². The summed E-state index contributed by atoms with van der Waals surface area (Å²) in [5.74, 6) is 0.744. The number of hydrogen-bond donors (Lipinski definition) is 1. The van der Waals surface area contributed by atoms with Gasteiger partial charge in [-0.1, -0.05) is 0 Å². The van der Waals surface area contributed by atoms with Gasteiger partial charge in [0.05, 0.1) is 18.5 Å². The van der Waals surface area contributed by atoms with Crippen LogP contribution in [0.2, 0.25) is 0 Å². The van der Waals surface area contributed by atoms with Gasteiger partial charge in [-0.15, -0.1) is 0 Å². The van der Waals surface area contributed by atoms with Crippen molar-refractivity contribution in [2.24, 2.45) is 5.92 Å². The Bertz CT molecular complexity index is 443. The van der Waals surface area contributed by atoms with E-state index in [2.05, 4.69) is 10.3 Å². The highest BCUT2D eigenvalue weighted by molar-refractivity contribution is 5.97. The van der Waals surface area contributed by atoms with Gasteiger partial charge in [-0.3, -0.25) is 4.79 Å². The summed E-state index contributed by atoms with van der Waals surface area (Å²) in [5, 5.41) is 2.84. The number of amides is 1. The molecule has 0 aliphatic heterocycles. The van der Waals surface area contributed by atoms with Crippen LogP contribution >= 0.6 is 0 Å². The molecule has 0 unspecified atom stereocenters. The van der Waals surface area contributed by atoms with Gasteiger partial charge in [0.15, 0.2) is 0 Å². The molecule has 104 valence electrons. The van der Waals surface area contributed by atoms with E-state index < -0.39 is 5.60 Å². The van der Waals surface area contributed by atoms with E-state index in [-0.39, 0.29) is 5.91 Å². The van der Waals surface area contributed by atoms with E-state index in [0.717, 1.165) is 12.8 Å². The van der Waals surface area contributed by atoms with Crippen molar-refractivity contribution in [3.05, 3.63) is 18.3 Å². The van der Waals surface area contributed by atoms with Gasteiger partial charge in [-0.2, -0.15) is 0 Å². The Kier molecular flexibility index (Phi) is 4.04. The fraction of sp³-hybridized carbons (Fsp3) is 0.571. The van der Waals surface area contributed by atoms with Crippen molar-refractivity contribution in [2.75, 3.05) is 19.0 Å². The Hall–Kier alpha value is -1.62. The number of ether oxygens (including phenoxy) is 2. The van der Waals surface area contributed by atoms with Crippen LogP contribution in [-0.4, -0.2) is 30.2 Å². The summed E-state index contributed by atoms with van der Waals surface area (Å²) >= 11 is 0. The third-order valence-electron chi connectivity index (χ3n) is 3.52. The Morgan fingerprint density at radius 3 is 2.74 bits per heavy atom. The van der Waals surface area contributed by atoms with Gasteiger partial charge in [0.2, 0.25) is 5.88 Å². The van der Waals surface area contributed by atoms with Crippen LogP contribution in [-0.2, 0) is 9.53 Å². The first-order valence-corrected chi connectivity index (χ1v) is 6.55. The molecule has 1 aliphatic carbocycles. The molecule has 1 amide bonds. The number of nitrogens with one attached hydrogen (secondary N) is 1. The number of carbonyl (C=O) groups is 1. The monoisotopic (exact) mass is 264 g/mol. The molecule has 5 heteroatoms. The van der Waals surface area contributed by atoms with E-state index in [1.165, 1.54) is 0 Å². The summed E-state index contributed by atoms with van der Waals surface area (Å²) < 4.78 is 10.7. The standard InChI is InChI=1S/C14H20N2O3/c1-4-19-12-8-7-11(9-15-12)16-13(17)14(2,18-3)10-5-6-10/h7-10H,4-6H2,1-3H3,(H,16,17)/t14-/m1/s1. The number of rotatable bonds is 6. The lowest BCUT2D eigenvalue weighted by molar-refractivity contribution is -0.138. The quantitative estimate of drug-likeness (QED) is 0.856. The number of pyridine rings is 1. The summed E-state index contributed by atoms with van der Waals surface area (Å²) in [6, 6.07) is 3.51. The van der Waals surface area contributed by atoms with Crippen LogP contribution in [0.3, 0.4) is 0 Å². The summed E-state index contributed by atoms with van der Waals surface area (Å²) in [6.45, 7) is 4.31. The Labute approximate surface area is 113 Å². The smallest absolute Gasteiger partial charge is 0.256 e. The largest absolute Gasteiger partial charge is 0.478 e. The van der Waals surface area contributed by atoms with Gasteiger partial charge in [0, 0.05) is 13.2 Å². The predicted molar refractivity (Wildman–Crippen MR) is 72.2 cm³/mol. The van der Waals surface area contributed by atoms with E-state index in [9.17, 15) is 4.79 Å². The fourth-order valence-corrected chi connectivity index (χ4v) is 2.02. The highest BCUT2D eigenvalue weighted by Gasteiger charge is 2.47. The topological polar surface area (TPSA) is 60.5 Å². The van der Waals surface area contributed by atoms with Crippen LogP contribution in [0, 0.1) is 5.92 Å². The first-order chi connectivity index (χ1) is 9.10. The van der Waals surface area contributed by atoms with Crippen molar-refractivity contribution in [2.45, 2.75) is 32.3 Å². The van der Waals surface area contributed by atoms with E-state index in [1.54, 1.807) is 25.4 Å². The van der Waals surface area contributed by atoms with Crippen molar-refractivity contribution in [3.8, 4) is 5.88 Å². The molecule has 5 nitrogen and oxygen atoms in total. The molecule has 1 aliphatic rings. The molecule has 1 aromatic heterocycles. The SMILES string of the molecule is CCOc1ccc(NC(=O)[C@](C)(OC)C2CC2)cn1. The number of nitrogens with zero attached hydrogens (tertiary/aromatic N) is 1. The van der Waals surface area contributed by atoms with Crippen molar-refractivity contribution in [3.63, 3.8) is 0 Å². The molecular formula is C14H20N2O3. The van der Waals surface area contributed by atoms with E-state index in [0.29, 0.717) is 24.1 Å². The zero-order valence-corrected chi connectivity index (χ0v) is 11.6. The summed E-state index contributed by atoms with van der Waals surface area (Å²) in [4.78, 5) is 16.4. The van der Waals surface area contributed by atoms with Gasteiger partial charge in [-0.05, 0) is 38.7 Å². The predicted octanol–water partition coefficient (Wildman–Crippen LogP) is 2.23. The molecule has 0 bridgehead atoms. The van der Waals surface area contributed by atoms with Gasteiger partial charge in [-0.25, -0.2) is 4.98 Å². The Balaban J connectivity index is 2.01. The third-order valence-corrected chi connectivity index (χ3v) is 3.52. The molecule has 0 aromatic carbocycles. The number of aromatic nitrogens is 1. The second-order valence-electron chi connectivity index (χ2n) is 4.86. The molecule has 1 heterocycles. The van der Waals surface area contributed by atoms with Crippen molar-refractivity contribution < 1.29 is 14.3 Å². The first kappa shape index (κ1) is 13.8. The second-order valence-corrected chi connectivity index (χ2v) is 4.86. The summed E-state index contributed by atoms with van der Waals surface area (Å²) in [7, 11) is 1.58. The maximum atomic E-state index is 12.3.